The number of halogens is 1. The van der Waals surface area contributed by atoms with E-state index in [0.717, 1.165) is 16.6 Å². The Balaban J connectivity index is 2.20. The topological polar surface area (TPSA) is 29.3 Å². The average molecular weight is 333 g/mol. The van der Waals surface area contributed by atoms with Gasteiger partial charge in [-0.1, -0.05) is 46.3 Å². The summed E-state index contributed by atoms with van der Waals surface area (Å²) in [5, 5.41) is 0. The molecule has 106 valence electrons. The first-order valence-electron chi connectivity index (χ1n) is 6.79. The molecule has 1 atom stereocenters. The normalized spacial score (nSPS) is 12.2. The van der Waals surface area contributed by atoms with Crippen molar-refractivity contribution in [3.63, 3.8) is 0 Å². The van der Waals surface area contributed by atoms with Gasteiger partial charge in [0.25, 0.3) is 0 Å². The van der Waals surface area contributed by atoms with Crippen LogP contribution in [0.4, 0.5) is 5.69 Å². The first-order chi connectivity index (χ1) is 9.49. The minimum atomic E-state index is 0.0418. The molecule has 3 heteroatoms. The van der Waals surface area contributed by atoms with E-state index in [1.807, 2.05) is 6.92 Å². The summed E-state index contributed by atoms with van der Waals surface area (Å²) in [7, 11) is 2.11. The molecule has 20 heavy (non-hydrogen) atoms. The molecule has 2 aromatic rings. The fourth-order valence-corrected chi connectivity index (χ4v) is 2.98. The SMILES string of the molecule is Cc1ccccc1CN(C)c1ccc([C@H](C)N)c(Br)c1. The van der Waals surface area contributed by atoms with Crippen molar-refractivity contribution in [1.82, 2.24) is 0 Å². The van der Waals surface area contributed by atoms with Crippen LogP contribution in [0.3, 0.4) is 0 Å². The second kappa shape index (κ2) is 6.42. The molecule has 2 N–H and O–H groups in total. The summed E-state index contributed by atoms with van der Waals surface area (Å²) in [6, 6.07) is 14.9. The van der Waals surface area contributed by atoms with Crippen LogP contribution in [0.5, 0.6) is 0 Å². The van der Waals surface area contributed by atoms with Crippen molar-refractivity contribution in [3.05, 3.63) is 63.6 Å². The van der Waals surface area contributed by atoms with Gasteiger partial charge in [-0.25, -0.2) is 0 Å². The molecule has 0 heterocycles. The number of nitrogens with zero attached hydrogens (tertiary/aromatic N) is 1. The largest absolute Gasteiger partial charge is 0.370 e. The first kappa shape index (κ1) is 15.1. The molecule has 0 aliphatic carbocycles. The minimum absolute atomic E-state index is 0.0418. The average Bonchev–Trinajstić information content (AvgIpc) is 2.40. The Morgan fingerprint density at radius 2 is 1.90 bits per heavy atom. The number of hydrogen-bond donors (Lipinski definition) is 1. The van der Waals surface area contributed by atoms with Gasteiger partial charge in [-0.2, -0.15) is 0 Å². The molecular weight excluding hydrogens is 312 g/mol. The summed E-state index contributed by atoms with van der Waals surface area (Å²) in [6.45, 7) is 5.05. The third-order valence-electron chi connectivity index (χ3n) is 3.58. The van der Waals surface area contributed by atoms with Gasteiger partial charge >= 0.3 is 0 Å². The molecule has 0 aliphatic rings. The van der Waals surface area contributed by atoms with Crippen LogP contribution >= 0.6 is 15.9 Å². The summed E-state index contributed by atoms with van der Waals surface area (Å²) in [5.41, 5.74) is 10.9. The standard InChI is InChI=1S/C17H21BrN2/c1-12-6-4-5-7-14(12)11-20(3)15-8-9-16(13(2)19)17(18)10-15/h4-10,13H,11,19H2,1-3H3/t13-/m0/s1. The molecule has 0 aliphatic heterocycles. The monoisotopic (exact) mass is 332 g/mol. The van der Waals surface area contributed by atoms with Crippen LogP contribution < -0.4 is 10.6 Å². The van der Waals surface area contributed by atoms with Crippen LogP contribution in [0.15, 0.2) is 46.9 Å². The lowest BCUT2D eigenvalue weighted by atomic mass is 10.1. The Hall–Kier alpha value is -1.32. The van der Waals surface area contributed by atoms with Crippen molar-refractivity contribution in [3.8, 4) is 0 Å². The Kier molecular flexibility index (Phi) is 4.84. The summed E-state index contributed by atoms with van der Waals surface area (Å²) < 4.78 is 1.07. The highest BCUT2D eigenvalue weighted by Crippen LogP contribution is 2.27. The van der Waals surface area contributed by atoms with E-state index >= 15 is 0 Å². The van der Waals surface area contributed by atoms with E-state index in [1.165, 1.54) is 16.8 Å². The smallest absolute Gasteiger partial charge is 0.0428 e. The van der Waals surface area contributed by atoms with Gasteiger partial charge < -0.3 is 10.6 Å². The fourth-order valence-electron chi connectivity index (χ4n) is 2.26. The van der Waals surface area contributed by atoms with E-state index in [2.05, 4.69) is 77.3 Å². The number of hydrogen-bond acceptors (Lipinski definition) is 2. The summed E-state index contributed by atoms with van der Waals surface area (Å²) in [5.74, 6) is 0. The zero-order chi connectivity index (χ0) is 14.7. The summed E-state index contributed by atoms with van der Waals surface area (Å²) >= 11 is 3.61. The van der Waals surface area contributed by atoms with E-state index in [9.17, 15) is 0 Å². The van der Waals surface area contributed by atoms with Crippen molar-refractivity contribution >= 4 is 21.6 Å². The highest BCUT2D eigenvalue weighted by molar-refractivity contribution is 9.10. The molecule has 0 aromatic heterocycles. The molecular formula is C17H21BrN2. The molecule has 0 radical (unpaired) electrons. The lowest BCUT2D eigenvalue weighted by Crippen LogP contribution is -2.17. The van der Waals surface area contributed by atoms with Gasteiger partial charge in [0.05, 0.1) is 0 Å². The van der Waals surface area contributed by atoms with Gasteiger partial charge in [0.1, 0.15) is 0 Å². The van der Waals surface area contributed by atoms with Gasteiger partial charge in [0.2, 0.25) is 0 Å². The van der Waals surface area contributed by atoms with E-state index in [0.29, 0.717) is 0 Å². The second-order valence-electron chi connectivity index (χ2n) is 5.28. The maximum absolute atomic E-state index is 5.94. The number of benzene rings is 2. The minimum Gasteiger partial charge on any atom is -0.370 e. The number of anilines is 1. The predicted octanol–water partition coefficient (Wildman–Crippen LogP) is 4.41. The lowest BCUT2D eigenvalue weighted by molar-refractivity contribution is 0.811. The van der Waals surface area contributed by atoms with Crippen molar-refractivity contribution in [1.29, 1.82) is 0 Å². The van der Waals surface area contributed by atoms with Crippen LogP contribution in [0, 0.1) is 6.92 Å². The fraction of sp³-hybridized carbons (Fsp3) is 0.294. The third-order valence-corrected chi connectivity index (χ3v) is 4.27. The molecule has 0 saturated heterocycles. The van der Waals surface area contributed by atoms with Crippen molar-refractivity contribution in [2.45, 2.75) is 26.4 Å². The van der Waals surface area contributed by atoms with Crippen molar-refractivity contribution in [2.24, 2.45) is 5.73 Å². The van der Waals surface area contributed by atoms with E-state index in [4.69, 9.17) is 5.73 Å². The van der Waals surface area contributed by atoms with Crippen LogP contribution in [0.1, 0.15) is 29.7 Å². The zero-order valence-electron chi connectivity index (χ0n) is 12.2. The van der Waals surface area contributed by atoms with Crippen LogP contribution in [0.2, 0.25) is 0 Å². The van der Waals surface area contributed by atoms with Crippen LogP contribution in [0.25, 0.3) is 0 Å². The van der Waals surface area contributed by atoms with Gasteiger partial charge in [0, 0.05) is 29.8 Å². The number of aryl methyl sites for hydroxylation is 1. The summed E-state index contributed by atoms with van der Waals surface area (Å²) in [4.78, 5) is 2.25. The van der Waals surface area contributed by atoms with Gasteiger partial charge in [0.15, 0.2) is 0 Å². The quantitative estimate of drug-likeness (QED) is 0.898. The Bertz CT molecular complexity index is 593. The molecule has 2 nitrogen and oxygen atoms in total. The third kappa shape index (κ3) is 3.41. The molecule has 0 saturated carbocycles. The maximum Gasteiger partial charge on any atom is 0.0428 e. The molecule has 0 bridgehead atoms. The summed E-state index contributed by atoms with van der Waals surface area (Å²) in [6.07, 6.45) is 0. The van der Waals surface area contributed by atoms with Crippen molar-refractivity contribution < 1.29 is 0 Å². The lowest BCUT2D eigenvalue weighted by Gasteiger charge is -2.22. The number of nitrogens with two attached hydrogens (primary N) is 1. The Morgan fingerprint density at radius 3 is 2.50 bits per heavy atom. The van der Waals surface area contributed by atoms with Crippen LogP contribution in [-0.2, 0) is 6.54 Å². The van der Waals surface area contributed by atoms with Gasteiger partial charge in [-0.05, 0) is 42.7 Å². The van der Waals surface area contributed by atoms with Crippen molar-refractivity contribution in [2.75, 3.05) is 11.9 Å². The van der Waals surface area contributed by atoms with E-state index in [1.54, 1.807) is 0 Å². The van der Waals surface area contributed by atoms with Crippen LogP contribution in [-0.4, -0.2) is 7.05 Å². The Labute approximate surface area is 129 Å². The molecule has 0 fully saturated rings. The second-order valence-corrected chi connectivity index (χ2v) is 6.13. The predicted molar refractivity (Wildman–Crippen MR) is 90.0 cm³/mol. The number of rotatable bonds is 4. The zero-order valence-corrected chi connectivity index (χ0v) is 13.8. The Morgan fingerprint density at radius 1 is 1.20 bits per heavy atom. The first-order valence-corrected chi connectivity index (χ1v) is 7.59. The molecule has 0 unspecified atom stereocenters. The van der Waals surface area contributed by atoms with Gasteiger partial charge in [-0.3, -0.25) is 0 Å². The molecule has 2 aromatic carbocycles. The van der Waals surface area contributed by atoms with Gasteiger partial charge in [-0.15, -0.1) is 0 Å². The molecule has 2 rings (SSSR count). The highest BCUT2D eigenvalue weighted by atomic mass is 79.9. The highest BCUT2D eigenvalue weighted by Gasteiger charge is 2.09. The molecule has 0 spiro atoms. The maximum atomic E-state index is 5.94. The van der Waals surface area contributed by atoms with E-state index in [-0.39, 0.29) is 6.04 Å². The molecule has 0 amide bonds. The van der Waals surface area contributed by atoms with E-state index < -0.39 is 0 Å².